The summed E-state index contributed by atoms with van der Waals surface area (Å²) >= 11 is 0. The third-order valence-corrected chi connectivity index (χ3v) is 6.20. The Morgan fingerprint density at radius 3 is 2.38 bits per heavy atom. The van der Waals surface area contributed by atoms with Gasteiger partial charge in [-0.05, 0) is 12.8 Å². The number of hydrogen-bond acceptors (Lipinski definition) is 5. The molecule has 0 aromatic heterocycles. The van der Waals surface area contributed by atoms with Gasteiger partial charge in [-0.3, -0.25) is 19.6 Å². The molecule has 0 radical (unpaired) electrons. The van der Waals surface area contributed by atoms with Crippen molar-refractivity contribution >= 4 is 11.9 Å². The molecule has 0 saturated carbocycles. The molecule has 0 aromatic carbocycles. The van der Waals surface area contributed by atoms with E-state index < -0.39 is 0 Å². The van der Waals surface area contributed by atoms with E-state index in [0.717, 1.165) is 64.7 Å². The topological polar surface area (TPSA) is 63.7 Å². The summed E-state index contributed by atoms with van der Waals surface area (Å²) in [4.78, 5) is 26.3. The van der Waals surface area contributed by atoms with Crippen LogP contribution in [0.3, 0.4) is 0 Å². The number of aliphatic imine (C=N–C) groups is 1. The van der Waals surface area contributed by atoms with Crippen LogP contribution in [0, 0.1) is 0 Å². The maximum absolute atomic E-state index is 12.5. The highest BCUT2D eigenvalue weighted by molar-refractivity contribution is 5.82. The number of hydrogen-bond donors (Lipinski definition) is 1. The normalized spacial score (nSPS) is 35.0. The van der Waals surface area contributed by atoms with Gasteiger partial charge in [0.05, 0.1) is 0 Å². The molecule has 5 fully saturated rings. The summed E-state index contributed by atoms with van der Waals surface area (Å²) in [5.41, 5.74) is 0. The van der Waals surface area contributed by atoms with Gasteiger partial charge in [-0.15, -0.1) is 0 Å². The highest BCUT2D eigenvalue weighted by Gasteiger charge is 2.33. The Bertz CT molecular complexity index is 520. The Morgan fingerprint density at radius 2 is 1.81 bits per heavy atom. The van der Waals surface area contributed by atoms with E-state index in [4.69, 9.17) is 4.74 Å². The Labute approximate surface area is 156 Å². The second-order valence-corrected chi connectivity index (χ2v) is 7.73. The van der Waals surface area contributed by atoms with Gasteiger partial charge in [-0.25, -0.2) is 0 Å². The first-order valence-corrected chi connectivity index (χ1v) is 10.1. The fourth-order valence-electron chi connectivity index (χ4n) is 4.57. The molecule has 0 spiro atoms. The van der Waals surface area contributed by atoms with E-state index in [-0.39, 0.29) is 12.0 Å². The zero-order chi connectivity index (χ0) is 17.9. The Morgan fingerprint density at radius 1 is 1.08 bits per heavy atom. The lowest BCUT2D eigenvalue weighted by Crippen LogP contribution is -2.64. The fourth-order valence-corrected chi connectivity index (χ4v) is 4.57. The molecule has 5 saturated heterocycles. The molecular formula is C18H32N6O2. The summed E-state index contributed by atoms with van der Waals surface area (Å²) in [5, 5.41) is 3.57. The minimum absolute atomic E-state index is 0.171. The van der Waals surface area contributed by atoms with Crippen LogP contribution in [0.4, 0.5) is 0 Å². The molecule has 8 heteroatoms. The number of carbonyl (C=O) groups is 1. The van der Waals surface area contributed by atoms with Gasteiger partial charge in [0.1, 0.15) is 6.10 Å². The number of guanidine groups is 1. The molecule has 2 unspecified atom stereocenters. The average Bonchev–Trinajstić information content (AvgIpc) is 3.24. The first-order valence-electron chi connectivity index (χ1n) is 10.1. The number of nitrogens with zero attached hydrogens (tertiary/aromatic N) is 5. The lowest BCUT2D eigenvalue weighted by Gasteiger charge is -2.47. The smallest absolute Gasteiger partial charge is 0.251 e. The molecule has 2 bridgehead atoms. The minimum atomic E-state index is -0.204. The van der Waals surface area contributed by atoms with Crippen LogP contribution in [0.2, 0.25) is 0 Å². The van der Waals surface area contributed by atoms with Crippen molar-refractivity contribution in [3.05, 3.63) is 0 Å². The van der Waals surface area contributed by atoms with Gasteiger partial charge in [0, 0.05) is 85.1 Å². The minimum Gasteiger partial charge on any atom is -0.368 e. The molecule has 5 rings (SSSR count). The quantitative estimate of drug-likeness (QED) is 0.506. The summed E-state index contributed by atoms with van der Waals surface area (Å²) in [6, 6.07) is 0.580. The molecule has 5 aliphatic rings. The molecule has 0 aromatic rings. The number of ether oxygens (including phenoxy) is 1. The molecule has 8 nitrogen and oxygen atoms in total. The van der Waals surface area contributed by atoms with Gasteiger partial charge in [0.2, 0.25) is 0 Å². The molecule has 1 N–H and O–H groups in total. The summed E-state index contributed by atoms with van der Waals surface area (Å²) < 4.78 is 5.54. The lowest BCUT2D eigenvalue weighted by molar-refractivity contribution is -0.142. The largest absolute Gasteiger partial charge is 0.368 e. The Kier molecular flexibility index (Phi) is 5.61. The van der Waals surface area contributed by atoms with E-state index in [1.807, 2.05) is 11.9 Å². The van der Waals surface area contributed by atoms with Crippen LogP contribution in [0.25, 0.3) is 0 Å². The van der Waals surface area contributed by atoms with E-state index in [9.17, 15) is 4.79 Å². The fraction of sp³-hybridized carbons (Fsp3) is 0.889. The maximum atomic E-state index is 12.5. The van der Waals surface area contributed by atoms with Crippen molar-refractivity contribution in [3.8, 4) is 0 Å². The molecule has 26 heavy (non-hydrogen) atoms. The third kappa shape index (κ3) is 3.82. The highest BCUT2D eigenvalue weighted by atomic mass is 16.5. The lowest BCUT2D eigenvalue weighted by atomic mass is 10.1. The molecule has 5 aliphatic heterocycles. The van der Waals surface area contributed by atoms with Crippen molar-refractivity contribution in [2.24, 2.45) is 4.99 Å². The first-order chi connectivity index (χ1) is 12.7. The average molecular weight is 364 g/mol. The van der Waals surface area contributed by atoms with Crippen molar-refractivity contribution in [1.29, 1.82) is 0 Å². The van der Waals surface area contributed by atoms with E-state index >= 15 is 0 Å². The summed E-state index contributed by atoms with van der Waals surface area (Å²) in [7, 11) is 1.85. The van der Waals surface area contributed by atoms with Gasteiger partial charge in [0.15, 0.2) is 5.96 Å². The van der Waals surface area contributed by atoms with Gasteiger partial charge >= 0.3 is 0 Å². The van der Waals surface area contributed by atoms with Crippen LogP contribution in [0.15, 0.2) is 4.99 Å². The number of amides is 1. The number of fused-ring (bicyclic) bond motifs is 3. The van der Waals surface area contributed by atoms with Crippen LogP contribution >= 0.6 is 0 Å². The molecule has 0 aliphatic carbocycles. The molecule has 5 heterocycles. The van der Waals surface area contributed by atoms with Crippen LogP contribution in [-0.2, 0) is 9.53 Å². The zero-order valence-corrected chi connectivity index (χ0v) is 15.9. The first kappa shape index (κ1) is 18.0. The van der Waals surface area contributed by atoms with E-state index in [1.165, 1.54) is 26.2 Å². The van der Waals surface area contributed by atoms with Gasteiger partial charge in [-0.1, -0.05) is 0 Å². The maximum Gasteiger partial charge on any atom is 0.251 e. The van der Waals surface area contributed by atoms with Crippen LogP contribution in [0.5, 0.6) is 0 Å². The number of rotatable bonds is 3. The van der Waals surface area contributed by atoms with E-state index in [1.54, 1.807) is 0 Å². The van der Waals surface area contributed by atoms with Crippen molar-refractivity contribution < 1.29 is 9.53 Å². The zero-order valence-electron chi connectivity index (χ0n) is 15.9. The SMILES string of the molecule is CN=C(NCC1CN2CCN1CC2)N1CCN(C(=O)C2CCCO2)CC1. The molecule has 146 valence electrons. The summed E-state index contributed by atoms with van der Waals surface area (Å²) in [6.07, 6.45) is 1.67. The van der Waals surface area contributed by atoms with Gasteiger partial charge in [-0.2, -0.15) is 0 Å². The number of piperazine rings is 4. The van der Waals surface area contributed by atoms with Crippen molar-refractivity contribution in [1.82, 2.24) is 24.9 Å². The Balaban J connectivity index is 1.24. The number of carbonyl (C=O) groups excluding carboxylic acids is 1. The van der Waals surface area contributed by atoms with Crippen LogP contribution < -0.4 is 5.32 Å². The van der Waals surface area contributed by atoms with Crippen molar-refractivity contribution in [2.75, 3.05) is 79.1 Å². The monoisotopic (exact) mass is 364 g/mol. The molecule has 1 amide bonds. The van der Waals surface area contributed by atoms with Crippen molar-refractivity contribution in [2.45, 2.75) is 25.0 Å². The highest BCUT2D eigenvalue weighted by Crippen LogP contribution is 2.17. The van der Waals surface area contributed by atoms with Crippen LogP contribution in [-0.4, -0.2) is 123 Å². The predicted octanol–water partition coefficient (Wildman–Crippen LogP) is -1.12. The van der Waals surface area contributed by atoms with Gasteiger partial charge < -0.3 is 19.9 Å². The number of nitrogens with one attached hydrogen (secondary N) is 1. The molecule has 2 atom stereocenters. The summed E-state index contributed by atoms with van der Waals surface area (Å²) in [6.45, 7) is 10.8. The van der Waals surface area contributed by atoms with E-state index in [2.05, 4.69) is 25.0 Å². The van der Waals surface area contributed by atoms with E-state index in [0.29, 0.717) is 6.04 Å². The third-order valence-electron chi connectivity index (χ3n) is 6.20. The summed E-state index contributed by atoms with van der Waals surface area (Å²) in [5.74, 6) is 1.14. The standard InChI is InChI=1S/C18H32N6O2/c1-19-18(20-13-15-14-21-4-6-22(15)7-5-21)24-10-8-23(9-11-24)17(25)16-3-2-12-26-16/h15-16H,2-14H2,1H3,(H,19,20). The second-order valence-electron chi connectivity index (χ2n) is 7.73. The van der Waals surface area contributed by atoms with Crippen LogP contribution in [0.1, 0.15) is 12.8 Å². The second kappa shape index (κ2) is 8.10. The Hall–Kier alpha value is -1.38. The van der Waals surface area contributed by atoms with Gasteiger partial charge in [0.25, 0.3) is 5.91 Å². The predicted molar refractivity (Wildman–Crippen MR) is 100 cm³/mol. The molecular weight excluding hydrogens is 332 g/mol. The van der Waals surface area contributed by atoms with Crippen molar-refractivity contribution in [3.63, 3.8) is 0 Å².